The Morgan fingerprint density at radius 1 is 1.00 bits per heavy atom. The summed E-state index contributed by atoms with van der Waals surface area (Å²) in [5, 5.41) is 11.2. The van der Waals surface area contributed by atoms with Gasteiger partial charge in [-0.15, -0.1) is 0 Å². The van der Waals surface area contributed by atoms with Crippen molar-refractivity contribution >= 4 is 21.7 Å². The molecular formula is C24H23N5O4S. The number of hydrogen-bond acceptors (Lipinski definition) is 7. The third kappa shape index (κ3) is 5.85. The van der Waals surface area contributed by atoms with Crippen LogP contribution in [0.15, 0.2) is 88.6 Å². The van der Waals surface area contributed by atoms with Gasteiger partial charge in [-0.25, -0.2) is 18.5 Å². The summed E-state index contributed by atoms with van der Waals surface area (Å²) >= 11 is 0. The molecule has 0 aliphatic rings. The Labute approximate surface area is 197 Å². The SMILES string of the molecule is NS(=O)(=O)c1ccc(CCNC(=O)c2ccc(-c3ccco3)nc2NCc2cccnc2)cc1. The molecule has 34 heavy (non-hydrogen) atoms. The average molecular weight is 478 g/mol. The minimum absolute atomic E-state index is 0.0485. The third-order valence-electron chi connectivity index (χ3n) is 5.05. The number of nitrogens with two attached hydrogens (primary N) is 1. The minimum atomic E-state index is -3.73. The van der Waals surface area contributed by atoms with Gasteiger partial charge in [0.15, 0.2) is 5.76 Å². The maximum atomic E-state index is 12.9. The van der Waals surface area contributed by atoms with Crippen LogP contribution in [0.5, 0.6) is 0 Å². The molecule has 0 atom stereocenters. The number of carbonyl (C=O) groups is 1. The highest BCUT2D eigenvalue weighted by atomic mass is 32.2. The second-order valence-electron chi connectivity index (χ2n) is 7.48. The fourth-order valence-electron chi connectivity index (χ4n) is 3.29. The van der Waals surface area contributed by atoms with Crippen LogP contribution in [0.2, 0.25) is 0 Å². The van der Waals surface area contributed by atoms with Crippen molar-refractivity contribution in [2.24, 2.45) is 5.14 Å². The van der Waals surface area contributed by atoms with E-state index in [0.29, 0.717) is 42.3 Å². The number of rotatable bonds is 9. The molecule has 0 bridgehead atoms. The van der Waals surface area contributed by atoms with Gasteiger partial charge in [0.25, 0.3) is 5.91 Å². The Hall–Kier alpha value is -4.02. The van der Waals surface area contributed by atoms with Crippen LogP contribution in [-0.4, -0.2) is 30.8 Å². The van der Waals surface area contributed by atoms with Gasteiger partial charge in [-0.3, -0.25) is 9.78 Å². The molecule has 0 saturated carbocycles. The van der Waals surface area contributed by atoms with E-state index in [1.165, 1.54) is 12.1 Å². The van der Waals surface area contributed by atoms with Crippen LogP contribution in [0.4, 0.5) is 5.82 Å². The summed E-state index contributed by atoms with van der Waals surface area (Å²) in [5.41, 5.74) is 2.81. The number of amides is 1. The summed E-state index contributed by atoms with van der Waals surface area (Å²) in [4.78, 5) is 21.7. The first-order valence-electron chi connectivity index (χ1n) is 10.5. The van der Waals surface area contributed by atoms with Crippen molar-refractivity contribution in [1.82, 2.24) is 15.3 Å². The summed E-state index contributed by atoms with van der Waals surface area (Å²) in [6, 6.07) is 17.0. The van der Waals surface area contributed by atoms with Crippen molar-refractivity contribution in [3.8, 4) is 11.5 Å². The van der Waals surface area contributed by atoms with Crippen LogP contribution in [0.3, 0.4) is 0 Å². The van der Waals surface area contributed by atoms with Gasteiger partial charge in [-0.2, -0.15) is 0 Å². The van der Waals surface area contributed by atoms with Crippen molar-refractivity contribution in [2.75, 3.05) is 11.9 Å². The molecule has 3 aromatic heterocycles. The van der Waals surface area contributed by atoms with Crippen LogP contribution in [0.25, 0.3) is 11.5 Å². The smallest absolute Gasteiger partial charge is 0.255 e. The Kier molecular flexibility index (Phi) is 7.00. The van der Waals surface area contributed by atoms with Gasteiger partial charge in [-0.1, -0.05) is 18.2 Å². The molecule has 4 rings (SSSR count). The molecule has 9 nitrogen and oxygen atoms in total. The zero-order valence-corrected chi connectivity index (χ0v) is 19.0. The number of nitrogens with one attached hydrogen (secondary N) is 2. The molecular weight excluding hydrogens is 454 g/mol. The zero-order valence-electron chi connectivity index (χ0n) is 18.1. The molecule has 3 heterocycles. The minimum Gasteiger partial charge on any atom is -0.463 e. The van der Waals surface area contributed by atoms with Gasteiger partial charge in [0, 0.05) is 25.5 Å². The van der Waals surface area contributed by atoms with E-state index in [-0.39, 0.29) is 10.8 Å². The second kappa shape index (κ2) is 10.3. The van der Waals surface area contributed by atoms with Gasteiger partial charge in [0.1, 0.15) is 11.5 Å². The van der Waals surface area contributed by atoms with Crippen molar-refractivity contribution in [3.05, 3.63) is 96.0 Å². The van der Waals surface area contributed by atoms with E-state index in [0.717, 1.165) is 11.1 Å². The Morgan fingerprint density at radius 2 is 1.82 bits per heavy atom. The summed E-state index contributed by atoms with van der Waals surface area (Å²) in [5.74, 6) is 0.737. The van der Waals surface area contributed by atoms with E-state index in [9.17, 15) is 13.2 Å². The number of carbonyl (C=O) groups excluding carboxylic acids is 1. The number of benzene rings is 1. The number of anilines is 1. The largest absolute Gasteiger partial charge is 0.463 e. The number of sulfonamides is 1. The molecule has 0 aliphatic heterocycles. The lowest BCUT2D eigenvalue weighted by Gasteiger charge is -2.13. The van der Waals surface area contributed by atoms with E-state index in [1.807, 2.05) is 12.1 Å². The topological polar surface area (TPSA) is 140 Å². The van der Waals surface area contributed by atoms with E-state index in [4.69, 9.17) is 9.56 Å². The van der Waals surface area contributed by atoms with Crippen LogP contribution in [-0.2, 0) is 23.0 Å². The van der Waals surface area contributed by atoms with Gasteiger partial charge in [0.2, 0.25) is 10.0 Å². The predicted molar refractivity (Wildman–Crippen MR) is 127 cm³/mol. The average Bonchev–Trinajstić information content (AvgIpc) is 3.38. The molecule has 4 N–H and O–H groups in total. The normalized spacial score (nSPS) is 11.2. The van der Waals surface area contributed by atoms with Gasteiger partial charge in [-0.05, 0) is 60.0 Å². The lowest BCUT2D eigenvalue weighted by molar-refractivity contribution is 0.0954. The second-order valence-corrected chi connectivity index (χ2v) is 9.04. The number of hydrogen-bond donors (Lipinski definition) is 3. The van der Waals surface area contributed by atoms with Crippen LogP contribution < -0.4 is 15.8 Å². The van der Waals surface area contributed by atoms with Crippen molar-refractivity contribution in [1.29, 1.82) is 0 Å². The lowest BCUT2D eigenvalue weighted by atomic mass is 10.1. The van der Waals surface area contributed by atoms with Crippen molar-refractivity contribution in [2.45, 2.75) is 17.9 Å². The lowest BCUT2D eigenvalue weighted by Crippen LogP contribution is -2.27. The number of pyridine rings is 2. The molecule has 0 radical (unpaired) electrons. The Morgan fingerprint density at radius 3 is 2.50 bits per heavy atom. The van der Waals surface area contributed by atoms with Gasteiger partial charge < -0.3 is 15.1 Å². The van der Waals surface area contributed by atoms with Crippen LogP contribution in [0.1, 0.15) is 21.5 Å². The summed E-state index contributed by atoms with van der Waals surface area (Å²) in [6.45, 7) is 0.800. The first-order valence-corrected chi connectivity index (χ1v) is 12.0. The number of aromatic nitrogens is 2. The molecule has 0 fully saturated rings. The Bertz CT molecular complexity index is 1360. The van der Waals surface area contributed by atoms with Gasteiger partial charge >= 0.3 is 0 Å². The van der Waals surface area contributed by atoms with Crippen molar-refractivity contribution < 1.29 is 17.6 Å². The van der Waals surface area contributed by atoms with Gasteiger partial charge in [0.05, 0.1) is 16.7 Å². The highest BCUT2D eigenvalue weighted by molar-refractivity contribution is 7.89. The van der Waals surface area contributed by atoms with E-state index >= 15 is 0 Å². The summed E-state index contributed by atoms with van der Waals surface area (Å²) in [7, 11) is -3.73. The zero-order chi connectivity index (χ0) is 24.0. The molecule has 4 aromatic rings. The maximum absolute atomic E-state index is 12.9. The monoisotopic (exact) mass is 477 g/mol. The van der Waals surface area contributed by atoms with Crippen molar-refractivity contribution in [3.63, 3.8) is 0 Å². The summed E-state index contributed by atoms with van der Waals surface area (Å²) in [6.07, 6.45) is 5.52. The molecule has 0 unspecified atom stereocenters. The van der Waals surface area contributed by atoms with Crippen LogP contribution in [0, 0.1) is 0 Å². The Balaban J connectivity index is 1.46. The number of furan rings is 1. The van der Waals surface area contributed by atoms with Crippen LogP contribution >= 0.6 is 0 Å². The van der Waals surface area contributed by atoms with E-state index < -0.39 is 10.0 Å². The molecule has 0 spiro atoms. The molecule has 174 valence electrons. The highest BCUT2D eigenvalue weighted by Crippen LogP contribution is 2.23. The molecule has 0 aliphatic carbocycles. The molecule has 10 heteroatoms. The maximum Gasteiger partial charge on any atom is 0.255 e. The molecule has 1 amide bonds. The first kappa shape index (κ1) is 23.1. The highest BCUT2D eigenvalue weighted by Gasteiger charge is 2.15. The van der Waals surface area contributed by atoms with E-state index in [2.05, 4.69) is 20.6 Å². The van der Waals surface area contributed by atoms with E-state index in [1.54, 1.807) is 55.1 Å². The number of primary sulfonamides is 1. The molecule has 1 aromatic carbocycles. The quantitative estimate of drug-likeness (QED) is 0.337. The first-order chi connectivity index (χ1) is 16.4. The summed E-state index contributed by atoms with van der Waals surface area (Å²) < 4.78 is 28.2. The number of nitrogens with zero attached hydrogens (tertiary/aromatic N) is 2. The molecule has 0 saturated heterocycles. The third-order valence-corrected chi connectivity index (χ3v) is 5.98. The predicted octanol–water partition coefficient (Wildman–Crippen LogP) is 2.97. The standard InChI is InChI=1S/C24H23N5O4S/c25-34(31,32)19-7-5-17(6-8-19)11-13-27-24(30)20-9-10-21(22-4-2-14-33-22)29-23(20)28-16-18-3-1-12-26-15-18/h1-10,12,14-15H,11,13,16H2,(H,27,30)(H,28,29)(H2,25,31,32). The fourth-order valence-corrected chi connectivity index (χ4v) is 3.80. The fraction of sp³-hybridized carbons (Fsp3) is 0.125.